The number of carbonyl (C=O) groups excluding carboxylic acids is 1. The number of amides is 1. The van der Waals surface area contributed by atoms with Crippen LogP contribution in [0.25, 0.3) is 0 Å². The maximum Gasteiger partial charge on any atom is 0.217 e. The van der Waals surface area contributed by atoms with Crippen molar-refractivity contribution in [1.82, 2.24) is 15.5 Å². The number of nitrogens with one attached hydrogen (secondary N) is 1. The van der Waals surface area contributed by atoms with E-state index in [1.54, 1.807) is 17.4 Å². The lowest BCUT2D eigenvalue weighted by atomic mass is 9.88. The summed E-state index contributed by atoms with van der Waals surface area (Å²) in [6.45, 7) is 5.52. The fourth-order valence-corrected chi connectivity index (χ4v) is 4.54. The van der Waals surface area contributed by atoms with E-state index < -0.39 is 0 Å². The normalized spacial score (nSPS) is 19.8. The first-order valence-electron chi connectivity index (χ1n) is 9.81. The SMILES string of the molecule is CC(=O)NCC1CC(c2ccc(C3CCN(c4nnc(C)s4)CC3)c(F)c2)=NO1. The van der Waals surface area contributed by atoms with Crippen LogP contribution in [0.5, 0.6) is 0 Å². The van der Waals surface area contributed by atoms with Gasteiger partial charge in [0, 0.05) is 32.0 Å². The molecule has 2 aromatic rings. The Labute approximate surface area is 173 Å². The Morgan fingerprint density at radius 1 is 1.34 bits per heavy atom. The van der Waals surface area contributed by atoms with Gasteiger partial charge in [-0.15, -0.1) is 10.2 Å². The molecular weight excluding hydrogens is 393 g/mol. The minimum absolute atomic E-state index is 0.107. The fourth-order valence-electron chi connectivity index (χ4n) is 3.80. The van der Waals surface area contributed by atoms with E-state index in [2.05, 4.69) is 25.6 Å². The van der Waals surface area contributed by atoms with Crippen LogP contribution >= 0.6 is 11.3 Å². The zero-order chi connectivity index (χ0) is 20.4. The number of carbonyl (C=O) groups is 1. The molecule has 1 unspecified atom stereocenters. The van der Waals surface area contributed by atoms with E-state index in [-0.39, 0.29) is 23.7 Å². The van der Waals surface area contributed by atoms with Gasteiger partial charge < -0.3 is 15.1 Å². The van der Waals surface area contributed by atoms with Gasteiger partial charge in [-0.25, -0.2) is 4.39 Å². The van der Waals surface area contributed by atoms with Crippen molar-refractivity contribution in [3.05, 3.63) is 40.2 Å². The number of hydrogen-bond donors (Lipinski definition) is 1. The molecular formula is C20H24FN5O2S. The third kappa shape index (κ3) is 4.55. The number of anilines is 1. The highest BCUT2D eigenvalue weighted by Crippen LogP contribution is 2.33. The van der Waals surface area contributed by atoms with E-state index in [0.717, 1.165) is 47.2 Å². The van der Waals surface area contributed by atoms with Crippen LogP contribution in [0.1, 0.15) is 48.2 Å². The average molecular weight is 418 g/mol. The highest BCUT2D eigenvalue weighted by molar-refractivity contribution is 7.15. The number of oxime groups is 1. The molecule has 0 spiro atoms. The van der Waals surface area contributed by atoms with Gasteiger partial charge in [0.05, 0.1) is 12.3 Å². The van der Waals surface area contributed by atoms with Crippen molar-refractivity contribution < 1.29 is 14.0 Å². The van der Waals surface area contributed by atoms with Gasteiger partial charge >= 0.3 is 0 Å². The lowest BCUT2D eigenvalue weighted by Gasteiger charge is -2.31. The van der Waals surface area contributed by atoms with Crippen LogP contribution in [0.3, 0.4) is 0 Å². The van der Waals surface area contributed by atoms with E-state index in [4.69, 9.17) is 4.84 Å². The van der Waals surface area contributed by atoms with Gasteiger partial charge in [0.2, 0.25) is 11.0 Å². The van der Waals surface area contributed by atoms with Crippen LogP contribution in [-0.4, -0.2) is 47.6 Å². The van der Waals surface area contributed by atoms with Crippen LogP contribution in [-0.2, 0) is 9.63 Å². The molecule has 154 valence electrons. The van der Waals surface area contributed by atoms with Crippen molar-refractivity contribution in [3.8, 4) is 0 Å². The highest BCUT2D eigenvalue weighted by atomic mass is 32.1. The van der Waals surface area contributed by atoms with Crippen LogP contribution in [0.4, 0.5) is 9.52 Å². The minimum atomic E-state index is -0.204. The van der Waals surface area contributed by atoms with Crippen LogP contribution in [0, 0.1) is 12.7 Å². The van der Waals surface area contributed by atoms with Crippen molar-refractivity contribution in [2.45, 2.75) is 45.1 Å². The molecule has 0 radical (unpaired) electrons. The molecule has 1 saturated heterocycles. The predicted molar refractivity (Wildman–Crippen MR) is 110 cm³/mol. The lowest BCUT2D eigenvalue weighted by molar-refractivity contribution is -0.119. The van der Waals surface area contributed by atoms with Crippen LogP contribution in [0.15, 0.2) is 23.4 Å². The molecule has 9 heteroatoms. The number of aromatic nitrogens is 2. The summed E-state index contributed by atoms with van der Waals surface area (Å²) in [4.78, 5) is 18.6. The molecule has 0 aliphatic carbocycles. The summed E-state index contributed by atoms with van der Waals surface area (Å²) >= 11 is 1.60. The Hall–Kier alpha value is -2.55. The largest absolute Gasteiger partial charge is 0.390 e. The van der Waals surface area contributed by atoms with Crippen LogP contribution in [0.2, 0.25) is 0 Å². The fraction of sp³-hybridized carbons (Fsp3) is 0.500. The number of piperidine rings is 1. The molecule has 2 aliphatic rings. The molecule has 1 aromatic heterocycles. The zero-order valence-electron chi connectivity index (χ0n) is 16.5. The first-order chi connectivity index (χ1) is 14.0. The Balaban J connectivity index is 1.36. The summed E-state index contributed by atoms with van der Waals surface area (Å²) in [6, 6.07) is 5.35. The van der Waals surface area contributed by atoms with E-state index in [1.165, 1.54) is 6.92 Å². The van der Waals surface area contributed by atoms with Gasteiger partial charge in [-0.2, -0.15) is 0 Å². The quantitative estimate of drug-likeness (QED) is 0.809. The van der Waals surface area contributed by atoms with Gasteiger partial charge in [-0.3, -0.25) is 4.79 Å². The standard InChI is InChI=1S/C20H24FN5O2S/c1-12(27)22-11-16-10-19(25-28-16)15-3-4-17(18(21)9-15)14-5-7-26(8-6-14)20-24-23-13(2)29-20/h3-4,9,14,16H,5-8,10-11H2,1-2H3,(H,22,27). The number of rotatable bonds is 5. The summed E-state index contributed by atoms with van der Waals surface area (Å²) in [7, 11) is 0. The second-order valence-electron chi connectivity index (χ2n) is 7.51. The molecule has 1 aromatic carbocycles. The smallest absolute Gasteiger partial charge is 0.217 e. The molecule has 1 fully saturated rings. The monoisotopic (exact) mass is 417 g/mol. The maximum absolute atomic E-state index is 14.9. The molecule has 1 atom stereocenters. The molecule has 7 nitrogen and oxygen atoms in total. The summed E-state index contributed by atoms with van der Waals surface area (Å²) < 4.78 is 14.9. The van der Waals surface area contributed by atoms with Crippen LogP contribution < -0.4 is 10.2 Å². The number of nitrogens with zero attached hydrogens (tertiary/aromatic N) is 4. The Morgan fingerprint density at radius 3 is 2.79 bits per heavy atom. The maximum atomic E-state index is 14.9. The topological polar surface area (TPSA) is 79.7 Å². The second-order valence-corrected chi connectivity index (χ2v) is 8.67. The van der Waals surface area contributed by atoms with E-state index in [0.29, 0.717) is 18.7 Å². The van der Waals surface area contributed by atoms with Gasteiger partial charge in [-0.1, -0.05) is 28.6 Å². The zero-order valence-corrected chi connectivity index (χ0v) is 17.3. The van der Waals surface area contributed by atoms with Crippen molar-refractivity contribution in [3.63, 3.8) is 0 Å². The molecule has 29 heavy (non-hydrogen) atoms. The first-order valence-corrected chi connectivity index (χ1v) is 10.6. The van der Waals surface area contributed by atoms with E-state index in [9.17, 15) is 9.18 Å². The number of hydrogen-bond acceptors (Lipinski definition) is 7. The van der Waals surface area contributed by atoms with Crippen molar-refractivity contribution in [1.29, 1.82) is 0 Å². The Bertz CT molecular complexity index is 923. The number of benzene rings is 1. The van der Waals surface area contributed by atoms with Crippen molar-refractivity contribution >= 4 is 28.1 Å². The highest BCUT2D eigenvalue weighted by Gasteiger charge is 2.26. The number of aryl methyl sites for hydroxylation is 1. The molecule has 0 saturated carbocycles. The predicted octanol–water partition coefficient (Wildman–Crippen LogP) is 3.00. The molecule has 1 amide bonds. The summed E-state index contributed by atoms with van der Waals surface area (Å²) in [6.07, 6.45) is 2.12. The van der Waals surface area contributed by atoms with Gasteiger partial charge in [0.25, 0.3) is 0 Å². The first kappa shape index (κ1) is 19.8. The van der Waals surface area contributed by atoms with E-state index in [1.807, 2.05) is 19.1 Å². The average Bonchev–Trinajstić information content (AvgIpc) is 3.36. The van der Waals surface area contributed by atoms with Crippen molar-refractivity contribution in [2.75, 3.05) is 24.5 Å². The second kappa shape index (κ2) is 8.44. The van der Waals surface area contributed by atoms with Gasteiger partial charge in [-0.05, 0) is 37.3 Å². The third-order valence-corrected chi connectivity index (χ3v) is 6.27. The van der Waals surface area contributed by atoms with Gasteiger partial charge in [0.1, 0.15) is 16.9 Å². The van der Waals surface area contributed by atoms with Gasteiger partial charge in [0.15, 0.2) is 0 Å². The third-order valence-electron chi connectivity index (χ3n) is 5.37. The Kier molecular flexibility index (Phi) is 5.75. The molecule has 0 bridgehead atoms. The molecule has 3 heterocycles. The Morgan fingerprint density at radius 2 is 2.14 bits per heavy atom. The summed E-state index contributed by atoms with van der Waals surface area (Å²) in [5.41, 5.74) is 2.21. The van der Waals surface area contributed by atoms with E-state index >= 15 is 0 Å². The van der Waals surface area contributed by atoms with Crippen molar-refractivity contribution in [2.24, 2.45) is 5.16 Å². The minimum Gasteiger partial charge on any atom is -0.390 e. The summed E-state index contributed by atoms with van der Waals surface area (Å²) in [5.74, 6) is -0.103. The lowest BCUT2D eigenvalue weighted by Crippen LogP contribution is -2.33. The molecule has 2 aliphatic heterocycles. The molecule has 1 N–H and O–H groups in total. The summed E-state index contributed by atoms with van der Waals surface area (Å²) in [5, 5.41) is 17.0. The number of halogens is 1. The molecule has 4 rings (SSSR count).